The molecule has 7 nitrogen and oxygen atoms in total. The van der Waals surface area contributed by atoms with Gasteiger partial charge in [0.15, 0.2) is 0 Å². The standard InChI is InChI=1S/C21H15N3O4/c1-28-17-7-3-2-6-16(17)23-19(25)13-9-10-14-15(12-13)21(27)24(20(14)26)18-8-4-5-11-22-18/h2-12H,1H3,(H,23,25). The smallest absolute Gasteiger partial charge is 0.267 e. The number of hydrogen-bond donors (Lipinski definition) is 1. The molecular formula is C21H15N3O4. The van der Waals surface area contributed by atoms with Crippen molar-refractivity contribution in [2.75, 3.05) is 17.3 Å². The van der Waals surface area contributed by atoms with Gasteiger partial charge in [0.25, 0.3) is 17.7 Å². The zero-order valence-electron chi connectivity index (χ0n) is 14.9. The van der Waals surface area contributed by atoms with E-state index in [1.807, 2.05) is 0 Å². The number of imide groups is 1. The van der Waals surface area contributed by atoms with Crippen molar-refractivity contribution in [3.8, 4) is 5.75 Å². The molecular weight excluding hydrogens is 358 g/mol. The molecule has 0 fully saturated rings. The second-order valence-electron chi connectivity index (χ2n) is 6.05. The second kappa shape index (κ2) is 6.96. The first-order valence-electron chi connectivity index (χ1n) is 8.48. The molecule has 2 aromatic carbocycles. The van der Waals surface area contributed by atoms with E-state index in [2.05, 4.69) is 10.3 Å². The number of carbonyl (C=O) groups is 3. The van der Waals surface area contributed by atoms with Crippen molar-refractivity contribution in [1.82, 2.24) is 4.98 Å². The van der Waals surface area contributed by atoms with Gasteiger partial charge in [-0.1, -0.05) is 18.2 Å². The molecule has 1 aromatic heterocycles. The fourth-order valence-corrected chi connectivity index (χ4v) is 3.02. The van der Waals surface area contributed by atoms with E-state index in [9.17, 15) is 14.4 Å². The molecule has 0 unspecified atom stereocenters. The Balaban J connectivity index is 1.64. The van der Waals surface area contributed by atoms with E-state index in [-0.39, 0.29) is 22.5 Å². The van der Waals surface area contributed by atoms with E-state index in [4.69, 9.17) is 4.74 Å². The molecule has 1 aliphatic rings. The highest BCUT2D eigenvalue weighted by Gasteiger charge is 2.37. The Hall–Kier alpha value is -4.00. The molecule has 4 rings (SSSR count). The molecule has 3 amide bonds. The maximum absolute atomic E-state index is 12.8. The highest BCUT2D eigenvalue weighted by molar-refractivity contribution is 6.34. The minimum Gasteiger partial charge on any atom is -0.495 e. The van der Waals surface area contributed by atoms with Crippen LogP contribution in [-0.4, -0.2) is 29.8 Å². The van der Waals surface area contributed by atoms with Crippen LogP contribution >= 0.6 is 0 Å². The number of amides is 3. The van der Waals surface area contributed by atoms with E-state index in [0.29, 0.717) is 11.4 Å². The molecule has 0 radical (unpaired) electrons. The molecule has 138 valence electrons. The van der Waals surface area contributed by atoms with Gasteiger partial charge in [0.2, 0.25) is 0 Å². The van der Waals surface area contributed by atoms with Gasteiger partial charge in [-0.3, -0.25) is 14.4 Å². The first-order valence-corrected chi connectivity index (χ1v) is 8.48. The summed E-state index contributed by atoms with van der Waals surface area (Å²) in [4.78, 5) is 43.1. The first kappa shape index (κ1) is 17.4. The number of para-hydroxylation sites is 2. The summed E-state index contributed by atoms with van der Waals surface area (Å²) in [5, 5.41) is 2.75. The summed E-state index contributed by atoms with van der Waals surface area (Å²) in [5.41, 5.74) is 1.18. The van der Waals surface area contributed by atoms with Crippen molar-refractivity contribution in [2.45, 2.75) is 0 Å². The van der Waals surface area contributed by atoms with Crippen molar-refractivity contribution < 1.29 is 19.1 Å². The average molecular weight is 373 g/mol. The third kappa shape index (κ3) is 2.88. The van der Waals surface area contributed by atoms with Crippen molar-refractivity contribution in [3.63, 3.8) is 0 Å². The van der Waals surface area contributed by atoms with E-state index >= 15 is 0 Å². The number of aromatic nitrogens is 1. The van der Waals surface area contributed by atoms with Gasteiger partial charge in [-0.2, -0.15) is 0 Å². The van der Waals surface area contributed by atoms with Gasteiger partial charge in [-0.25, -0.2) is 9.88 Å². The number of nitrogens with one attached hydrogen (secondary N) is 1. The van der Waals surface area contributed by atoms with Crippen LogP contribution in [0.5, 0.6) is 5.75 Å². The third-order valence-corrected chi connectivity index (χ3v) is 4.38. The molecule has 1 aliphatic heterocycles. The predicted octanol–water partition coefficient (Wildman–Crippen LogP) is 3.14. The Morgan fingerprint density at radius 2 is 1.71 bits per heavy atom. The Morgan fingerprint density at radius 1 is 0.964 bits per heavy atom. The summed E-state index contributed by atoms with van der Waals surface area (Å²) in [5.74, 6) is -0.622. The van der Waals surface area contributed by atoms with Gasteiger partial charge in [0.1, 0.15) is 11.6 Å². The number of methoxy groups -OCH3 is 1. The number of pyridine rings is 1. The fraction of sp³-hybridized carbons (Fsp3) is 0.0476. The molecule has 0 saturated carbocycles. The number of nitrogens with zero attached hydrogens (tertiary/aromatic N) is 2. The zero-order chi connectivity index (χ0) is 19.7. The lowest BCUT2D eigenvalue weighted by atomic mass is 10.1. The molecule has 1 N–H and O–H groups in total. The minimum absolute atomic E-state index is 0.170. The number of carbonyl (C=O) groups excluding carboxylic acids is 3. The van der Waals surface area contributed by atoms with Crippen LogP contribution in [0.15, 0.2) is 66.9 Å². The molecule has 0 spiro atoms. The summed E-state index contributed by atoms with van der Waals surface area (Å²) < 4.78 is 5.22. The topological polar surface area (TPSA) is 88.6 Å². The highest BCUT2D eigenvalue weighted by Crippen LogP contribution is 2.29. The fourth-order valence-electron chi connectivity index (χ4n) is 3.02. The molecule has 0 atom stereocenters. The van der Waals surface area contributed by atoms with Crippen LogP contribution in [0.3, 0.4) is 0 Å². The minimum atomic E-state index is -0.509. The normalized spacial score (nSPS) is 12.7. The highest BCUT2D eigenvalue weighted by atomic mass is 16.5. The van der Waals surface area contributed by atoms with Crippen LogP contribution in [0.2, 0.25) is 0 Å². The summed E-state index contributed by atoms with van der Waals surface area (Å²) in [6.45, 7) is 0. The number of hydrogen-bond acceptors (Lipinski definition) is 5. The summed E-state index contributed by atoms with van der Waals surface area (Å²) in [6, 6.07) is 16.4. The monoisotopic (exact) mass is 373 g/mol. The molecule has 0 bridgehead atoms. The van der Waals surface area contributed by atoms with Crippen LogP contribution in [0.4, 0.5) is 11.5 Å². The van der Waals surface area contributed by atoms with Gasteiger partial charge in [0.05, 0.1) is 23.9 Å². The lowest BCUT2D eigenvalue weighted by Gasteiger charge is -2.11. The van der Waals surface area contributed by atoms with Crippen LogP contribution in [0, 0.1) is 0 Å². The predicted molar refractivity (Wildman–Crippen MR) is 103 cm³/mol. The third-order valence-electron chi connectivity index (χ3n) is 4.38. The number of rotatable bonds is 4. The largest absolute Gasteiger partial charge is 0.495 e. The Labute approximate surface area is 160 Å². The van der Waals surface area contributed by atoms with Gasteiger partial charge in [-0.15, -0.1) is 0 Å². The summed E-state index contributed by atoms with van der Waals surface area (Å²) >= 11 is 0. The van der Waals surface area contributed by atoms with E-state index in [1.54, 1.807) is 42.5 Å². The van der Waals surface area contributed by atoms with Crippen molar-refractivity contribution in [2.24, 2.45) is 0 Å². The number of ether oxygens (including phenoxy) is 1. The maximum Gasteiger partial charge on any atom is 0.267 e. The summed E-state index contributed by atoms with van der Waals surface area (Å²) in [6.07, 6.45) is 1.50. The van der Waals surface area contributed by atoms with Gasteiger partial charge in [-0.05, 0) is 42.5 Å². The van der Waals surface area contributed by atoms with E-state index in [1.165, 1.54) is 31.5 Å². The second-order valence-corrected chi connectivity index (χ2v) is 6.05. The first-order chi connectivity index (χ1) is 13.6. The van der Waals surface area contributed by atoms with E-state index < -0.39 is 17.7 Å². The molecule has 3 aromatic rings. The van der Waals surface area contributed by atoms with Gasteiger partial charge >= 0.3 is 0 Å². The van der Waals surface area contributed by atoms with Crippen LogP contribution in [0.1, 0.15) is 31.1 Å². The van der Waals surface area contributed by atoms with Crippen LogP contribution in [0.25, 0.3) is 0 Å². The number of fused-ring (bicyclic) bond motifs is 1. The van der Waals surface area contributed by atoms with E-state index in [0.717, 1.165) is 4.90 Å². The average Bonchev–Trinajstić information content (AvgIpc) is 2.99. The Bertz CT molecular complexity index is 1100. The quantitative estimate of drug-likeness (QED) is 0.710. The number of anilines is 2. The van der Waals surface area contributed by atoms with Crippen molar-refractivity contribution in [1.29, 1.82) is 0 Å². The molecule has 2 heterocycles. The molecule has 28 heavy (non-hydrogen) atoms. The van der Waals surface area contributed by atoms with Crippen molar-refractivity contribution >= 4 is 29.2 Å². The van der Waals surface area contributed by atoms with Gasteiger partial charge < -0.3 is 10.1 Å². The molecule has 7 heteroatoms. The lowest BCUT2D eigenvalue weighted by molar-refractivity contribution is 0.0924. The molecule has 0 aliphatic carbocycles. The Kier molecular flexibility index (Phi) is 4.33. The number of benzene rings is 2. The maximum atomic E-state index is 12.8. The Morgan fingerprint density at radius 3 is 2.46 bits per heavy atom. The molecule has 0 saturated heterocycles. The van der Waals surface area contributed by atoms with Crippen molar-refractivity contribution in [3.05, 3.63) is 83.6 Å². The lowest BCUT2D eigenvalue weighted by Crippen LogP contribution is -2.30. The van der Waals surface area contributed by atoms with Crippen LogP contribution < -0.4 is 15.0 Å². The summed E-state index contributed by atoms with van der Waals surface area (Å²) in [7, 11) is 1.51. The van der Waals surface area contributed by atoms with Gasteiger partial charge in [0, 0.05) is 11.8 Å². The van der Waals surface area contributed by atoms with Crippen LogP contribution in [-0.2, 0) is 0 Å². The SMILES string of the molecule is COc1ccccc1NC(=O)c1ccc2c(c1)C(=O)N(c1ccccn1)C2=O. The zero-order valence-corrected chi connectivity index (χ0v) is 14.9.